The molecule has 0 radical (unpaired) electrons. The van der Waals surface area contributed by atoms with Gasteiger partial charge in [-0.1, -0.05) is 56.3 Å². The summed E-state index contributed by atoms with van der Waals surface area (Å²) < 4.78 is 5.16. The third-order valence-corrected chi connectivity index (χ3v) is 7.24. The van der Waals surface area contributed by atoms with Crippen LogP contribution in [-0.4, -0.2) is 58.6 Å². The highest BCUT2D eigenvalue weighted by Crippen LogP contribution is 2.26. The first-order valence-corrected chi connectivity index (χ1v) is 15.3. The molecule has 13 nitrogen and oxygen atoms in total. The molecule has 45 heavy (non-hydrogen) atoms. The van der Waals surface area contributed by atoms with E-state index in [9.17, 15) is 24.3 Å². The molecule has 2 aromatic carbocycles. The summed E-state index contributed by atoms with van der Waals surface area (Å²) in [5, 5.41) is 19.9. The van der Waals surface area contributed by atoms with Crippen LogP contribution in [0.25, 0.3) is 11.3 Å². The molecule has 1 heterocycles. The standard InChI is InChI=1S/C31H39N7O6S/c1-19(2)16-24(36-26(39)22-13-11-21(12-14-22)25-18-45-30(37-25)38-29(32)33)27(40)35-23(28(41)42)10-6-7-15-34-31(43)44-17-20-8-4-3-5-9-20/h3-5,8-9,11-14,18-19,23-24H,6-7,10,15-17H2,1-2H3,(H,34,43)(H,35,40)(H,36,39)(H,41,42)(H4,32,33,37,38)/t23-,24-/m0/s1. The number of amides is 3. The van der Waals surface area contributed by atoms with Crippen molar-refractivity contribution in [2.45, 2.75) is 58.2 Å². The molecule has 0 saturated carbocycles. The van der Waals surface area contributed by atoms with Crippen LogP contribution < -0.4 is 27.4 Å². The van der Waals surface area contributed by atoms with E-state index >= 15 is 0 Å². The van der Waals surface area contributed by atoms with Crippen molar-refractivity contribution in [3.63, 3.8) is 0 Å². The molecule has 8 N–H and O–H groups in total. The van der Waals surface area contributed by atoms with Gasteiger partial charge in [0.1, 0.15) is 18.7 Å². The lowest BCUT2D eigenvalue weighted by Crippen LogP contribution is -2.52. The smallest absolute Gasteiger partial charge is 0.407 e. The van der Waals surface area contributed by atoms with E-state index < -0.39 is 36.0 Å². The van der Waals surface area contributed by atoms with Crippen LogP contribution in [0.1, 0.15) is 55.5 Å². The Morgan fingerprint density at radius 2 is 1.69 bits per heavy atom. The number of ether oxygens (including phenoxy) is 1. The SMILES string of the molecule is CC(C)C[C@H](NC(=O)c1ccc(-c2csc(N=C(N)N)n2)cc1)C(=O)N[C@@H](CCCCNC(=O)OCc1ccccc1)C(=O)O. The maximum atomic E-state index is 13.1. The van der Waals surface area contributed by atoms with Gasteiger partial charge in [-0.25, -0.2) is 14.6 Å². The van der Waals surface area contributed by atoms with Crippen molar-refractivity contribution >= 4 is 46.3 Å². The number of thiazole rings is 1. The molecule has 3 rings (SSSR count). The molecule has 0 saturated heterocycles. The first-order valence-electron chi connectivity index (χ1n) is 14.5. The normalized spacial score (nSPS) is 12.1. The summed E-state index contributed by atoms with van der Waals surface area (Å²) in [4.78, 5) is 58.3. The lowest BCUT2D eigenvalue weighted by Gasteiger charge is -2.23. The third-order valence-electron chi connectivity index (χ3n) is 6.50. The minimum absolute atomic E-state index is 0.0449. The number of nitrogens with two attached hydrogens (primary N) is 2. The number of carboxylic acids is 1. The molecule has 1 aromatic heterocycles. The van der Waals surface area contributed by atoms with Gasteiger partial charge < -0.3 is 37.3 Å². The van der Waals surface area contributed by atoms with Crippen LogP contribution in [0.4, 0.5) is 9.93 Å². The van der Waals surface area contributed by atoms with Gasteiger partial charge in [0.25, 0.3) is 5.91 Å². The second-order valence-corrected chi connectivity index (χ2v) is 11.5. The van der Waals surface area contributed by atoms with Crippen molar-refractivity contribution in [3.05, 3.63) is 71.1 Å². The highest BCUT2D eigenvalue weighted by atomic mass is 32.1. The second-order valence-electron chi connectivity index (χ2n) is 10.7. The molecule has 0 aliphatic heterocycles. The summed E-state index contributed by atoms with van der Waals surface area (Å²) in [5.74, 6) is -2.29. The topological polar surface area (TPSA) is 211 Å². The van der Waals surface area contributed by atoms with Gasteiger partial charge >= 0.3 is 12.1 Å². The van der Waals surface area contributed by atoms with Crippen molar-refractivity contribution in [2.75, 3.05) is 6.54 Å². The minimum atomic E-state index is -1.19. The van der Waals surface area contributed by atoms with E-state index in [1.807, 2.05) is 44.2 Å². The Balaban J connectivity index is 1.50. The van der Waals surface area contributed by atoms with Crippen molar-refractivity contribution in [2.24, 2.45) is 22.4 Å². The maximum absolute atomic E-state index is 13.1. The van der Waals surface area contributed by atoms with Crippen molar-refractivity contribution in [3.8, 4) is 11.3 Å². The Hall–Kier alpha value is -4.98. The molecule has 0 aliphatic rings. The molecule has 3 amide bonds. The van der Waals surface area contributed by atoms with E-state index in [2.05, 4.69) is 25.9 Å². The number of unbranched alkanes of at least 4 members (excludes halogenated alkanes) is 1. The van der Waals surface area contributed by atoms with Gasteiger partial charge in [0.05, 0.1) is 5.69 Å². The molecule has 0 unspecified atom stereocenters. The highest BCUT2D eigenvalue weighted by Gasteiger charge is 2.27. The lowest BCUT2D eigenvalue weighted by molar-refractivity contribution is -0.142. The average Bonchev–Trinajstić information content (AvgIpc) is 3.46. The predicted molar refractivity (Wildman–Crippen MR) is 172 cm³/mol. The van der Waals surface area contributed by atoms with Crippen LogP contribution in [0.15, 0.2) is 65.0 Å². The molecule has 14 heteroatoms. The third kappa shape index (κ3) is 11.9. The fourth-order valence-electron chi connectivity index (χ4n) is 4.26. The summed E-state index contributed by atoms with van der Waals surface area (Å²) in [7, 11) is 0. The number of nitrogens with one attached hydrogen (secondary N) is 3. The zero-order chi connectivity index (χ0) is 32.8. The Bertz CT molecular complexity index is 1460. The van der Waals surface area contributed by atoms with Gasteiger partial charge in [-0.05, 0) is 49.3 Å². The van der Waals surface area contributed by atoms with E-state index in [1.54, 1.807) is 29.6 Å². The van der Waals surface area contributed by atoms with Gasteiger partial charge in [-0.3, -0.25) is 9.59 Å². The van der Waals surface area contributed by atoms with Gasteiger partial charge in [0.2, 0.25) is 11.0 Å². The lowest BCUT2D eigenvalue weighted by atomic mass is 10.0. The summed E-state index contributed by atoms with van der Waals surface area (Å²) in [5.41, 5.74) is 13.4. The number of carboxylic acid groups (broad SMARTS) is 1. The first kappa shape index (κ1) is 34.5. The Morgan fingerprint density at radius 3 is 2.33 bits per heavy atom. The average molecular weight is 638 g/mol. The molecule has 0 spiro atoms. The Kier molecular flexibility index (Phi) is 13.3. The van der Waals surface area contributed by atoms with Gasteiger partial charge in [0.15, 0.2) is 5.96 Å². The number of aliphatic carboxylic acids is 1. The molecule has 0 fully saturated rings. The van der Waals surface area contributed by atoms with Gasteiger partial charge in [-0.2, -0.15) is 4.99 Å². The summed E-state index contributed by atoms with van der Waals surface area (Å²) >= 11 is 1.27. The van der Waals surface area contributed by atoms with Crippen LogP contribution in [0.3, 0.4) is 0 Å². The van der Waals surface area contributed by atoms with Crippen LogP contribution >= 0.6 is 11.3 Å². The predicted octanol–water partition coefficient (Wildman–Crippen LogP) is 3.53. The number of carbonyl (C=O) groups excluding carboxylic acids is 3. The van der Waals surface area contributed by atoms with E-state index in [0.29, 0.717) is 42.2 Å². The highest BCUT2D eigenvalue weighted by molar-refractivity contribution is 7.13. The van der Waals surface area contributed by atoms with Crippen LogP contribution in [0, 0.1) is 5.92 Å². The minimum Gasteiger partial charge on any atom is -0.480 e. The molecule has 2 atom stereocenters. The largest absolute Gasteiger partial charge is 0.480 e. The van der Waals surface area contributed by atoms with Crippen molar-refractivity contribution in [1.82, 2.24) is 20.9 Å². The number of aliphatic imine (C=N–C) groups is 1. The summed E-state index contributed by atoms with van der Waals surface area (Å²) in [6, 6.07) is 13.8. The van der Waals surface area contributed by atoms with Crippen molar-refractivity contribution < 1.29 is 29.0 Å². The zero-order valence-electron chi connectivity index (χ0n) is 25.2. The quantitative estimate of drug-likeness (QED) is 0.0769. The number of guanidine groups is 1. The number of carbonyl (C=O) groups is 4. The van der Waals surface area contributed by atoms with E-state index in [1.165, 1.54) is 11.3 Å². The number of hydrogen-bond acceptors (Lipinski definition) is 8. The number of aromatic nitrogens is 1. The summed E-state index contributed by atoms with van der Waals surface area (Å²) in [6.45, 7) is 4.24. The fourth-order valence-corrected chi connectivity index (χ4v) is 4.98. The molecule has 0 aliphatic carbocycles. The molecule has 3 aromatic rings. The van der Waals surface area contributed by atoms with Crippen LogP contribution in [0.2, 0.25) is 0 Å². The number of rotatable bonds is 16. The number of alkyl carbamates (subject to hydrolysis) is 1. The summed E-state index contributed by atoms with van der Waals surface area (Å²) in [6.07, 6.45) is 0.801. The van der Waals surface area contributed by atoms with Crippen LogP contribution in [-0.2, 0) is 20.9 Å². The Labute approximate surface area is 265 Å². The number of hydrogen-bond donors (Lipinski definition) is 6. The van der Waals surface area contributed by atoms with Crippen LogP contribution in [0.5, 0.6) is 0 Å². The molecular weight excluding hydrogens is 598 g/mol. The van der Waals surface area contributed by atoms with E-state index in [0.717, 1.165) is 11.1 Å². The monoisotopic (exact) mass is 637 g/mol. The molecular formula is C31H39N7O6S. The second kappa shape index (κ2) is 17.3. The molecule has 240 valence electrons. The number of benzene rings is 2. The van der Waals surface area contributed by atoms with Gasteiger partial charge in [-0.15, -0.1) is 11.3 Å². The van der Waals surface area contributed by atoms with Gasteiger partial charge in [0, 0.05) is 23.1 Å². The van der Waals surface area contributed by atoms with Crippen molar-refractivity contribution in [1.29, 1.82) is 0 Å². The maximum Gasteiger partial charge on any atom is 0.407 e. The van der Waals surface area contributed by atoms with E-state index in [4.69, 9.17) is 16.2 Å². The number of nitrogens with zero attached hydrogens (tertiary/aromatic N) is 2. The first-order chi connectivity index (χ1) is 21.5. The molecule has 0 bridgehead atoms. The Morgan fingerprint density at radius 1 is 0.978 bits per heavy atom. The zero-order valence-corrected chi connectivity index (χ0v) is 26.0. The van der Waals surface area contributed by atoms with E-state index in [-0.39, 0.29) is 24.9 Å². The fraction of sp³-hybridized carbons (Fsp3) is 0.355.